The maximum absolute atomic E-state index is 4.24. The van der Waals surface area contributed by atoms with E-state index in [2.05, 4.69) is 70.4 Å². The second-order valence-corrected chi connectivity index (χ2v) is 6.37. The standard InChI is InChI=1S/C16H22IN3/c1-3-9-18-16(14-5-4-6-15(17)10-14)8-7-13-11-19-20(2)12-13/h4-6,10-12,16,18H,3,7-9H2,1-2H3. The molecular weight excluding hydrogens is 361 g/mol. The van der Waals surface area contributed by atoms with Gasteiger partial charge in [-0.25, -0.2) is 0 Å². The molecule has 0 aliphatic heterocycles. The van der Waals surface area contributed by atoms with Crippen LogP contribution in [-0.4, -0.2) is 16.3 Å². The molecule has 1 N–H and O–H groups in total. The summed E-state index contributed by atoms with van der Waals surface area (Å²) in [5.41, 5.74) is 2.69. The summed E-state index contributed by atoms with van der Waals surface area (Å²) >= 11 is 2.38. The van der Waals surface area contributed by atoms with Gasteiger partial charge in [-0.05, 0) is 71.7 Å². The van der Waals surface area contributed by atoms with E-state index >= 15 is 0 Å². The van der Waals surface area contributed by atoms with E-state index in [1.807, 2.05) is 17.9 Å². The van der Waals surface area contributed by atoms with Gasteiger partial charge in [0.1, 0.15) is 0 Å². The highest BCUT2D eigenvalue weighted by atomic mass is 127. The zero-order valence-corrected chi connectivity index (χ0v) is 14.3. The van der Waals surface area contributed by atoms with Gasteiger partial charge in [0.05, 0.1) is 6.20 Å². The molecule has 1 unspecified atom stereocenters. The molecule has 0 aliphatic rings. The van der Waals surface area contributed by atoms with Crippen molar-refractivity contribution < 1.29 is 0 Å². The number of nitrogens with zero attached hydrogens (tertiary/aromatic N) is 2. The second-order valence-electron chi connectivity index (χ2n) is 5.12. The average molecular weight is 383 g/mol. The number of aromatic nitrogens is 2. The Morgan fingerprint density at radius 3 is 2.90 bits per heavy atom. The predicted octanol–water partition coefficient (Wildman–Crippen LogP) is 3.70. The van der Waals surface area contributed by atoms with Crippen molar-refractivity contribution in [2.75, 3.05) is 6.54 Å². The molecule has 0 spiro atoms. The lowest BCUT2D eigenvalue weighted by Gasteiger charge is -2.19. The third kappa shape index (κ3) is 4.59. The van der Waals surface area contributed by atoms with Crippen LogP contribution in [0.3, 0.4) is 0 Å². The van der Waals surface area contributed by atoms with Crippen molar-refractivity contribution in [2.45, 2.75) is 32.2 Å². The molecule has 1 atom stereocenters. The lowest BCUT2D eigenvalue weighted by atomic mass is 10.00. The summed E-state index contributed by atoms with van der Waals surface area (Å²) in [5, 5.41) is 7.90. The zero-order valence-electron chi connectivity index (χ0n) is 12.1. The first-order valence-electron chi connectivity index (χ1n) is 7.15. The van der Waals surface area contributed by atoms with Crippen LogP contribution in [0.25, 0.3) is 0 Å². The lowest BCUT2D eigenvalue weighted by Crippen LogP contribution is -2.22. The summed E-state index contributed by atoms with van der Waals surface area (Å²) < 4.78 is 3.17. The molecule has 2 rings (SSSR count). The minimum absolute atomic E-state index is 0.421. The van der Waals surface area contributed by atoms with E-state index in [0.29, 0.717) is 6.04 Å². The molecule has 0 saturated heterocycles. The van der Waals surface area contributed by atoms with Crippen molar-refractivity contribution in [3.8, 4) is 0 Å². The largest absolute Gasteiger partial charge is 0.310 e. The van der Waals surface area contributed by atoms with Gasteiger partial charge in [-0.1, -0.05) is 19.1 Å². The van der Waals surface area contributed by atoms with Crippen LogP contribution in [0.2, 0.25) is 0 Å². The van der Waals surface area contributed by atoms with Gasteiger partial charge in [0.25, 0.3) is 0 Å². The minimum atomic E-state index is 0.421. The molecule has 3 nitrogen and oxygen atoms in total. The first-order valence-corrected chi connectivity index (χ1v) is 8.23. The fourth-order valence-electron chi connectivity index (χ4n) is 2.34. The quantitative estimate of drug-likeness (QED) is 0.739. The van der Waals surface area contributed by atoms with E-state index in [0.717, 1.165) is 25.8 Å². The van der Waals surface area contributed by atoms with Crippen LogP contribution in [0.5, 0.6) is 0 Å². The summed E-state index contributed by atoms with van der Waals surface area (Å²) in [7, 11) is 1.97. The van der Waals surface area contributed by atoms with Gasteiger partial charge in [0, 0.05) is 22.9 Å². The van der Waals surface area contributed by atoms with E-state index in [-0.39, 0.29) is 0 Å². The average Bonchev–Trinajstić information content (AvgIpc) is 2.85. The van der Waals surface area contributed by atoms with Gasteiger partial charge in [-0.3, -0.25) is 4.68 Å². The second kappa shape index (κ2) is 7.78. The normalized spacial score (nSPS) is 12.6. The summed E-state index contributed by atoms with van der Waals surface area (Å²) in [4.78, 5) is 0. The Morgan fingerprint density at radius 1 is 1.40 bits per heavy atom. The molecule has 4 heteroatoms. The van der Waals surface area contributed by atoms with Gasteiger partial charge in [-0.15, -0.1) is 0 Å². The number of rotatable bonds is 7. The van der Waals surface area contributed by atoms with Gasteiger partial charge >= 0.3 is 0 Å². The van der Waals surface area contributed by atoms with Crippen LogP contribution in [0, 0.1) is 3.57 Å². The fraction of sp³-hybridized carbons (Fsp3) is 0.438. The Morgan fingerprint density at radius 2 is 2.25 bits per heavy atom. The molecule has 0 bridgehead atoms. The van der Waals surface area contributed by atoms with E-state index in [4.69, 9.17) is 0 Å². The lowest BCUT2D eigenvalue weighted by molar-refractivity contribution is 0.499. The Labute approximate surface area is 134 Å². The Bertz CT molecular complexity index is 536. The maximum atomic E-state index is 4.24. The minimum Gasteiger partial charge on any atom is -0.310 e. The summed E-state index contributed by atoms with van der Waals surface area (Å²) in [5.74, 6) is 0. The number of halogens is 1. The highest BCUT2D eigenvalue weighted by molar-refractivity contribution is 14.1. The first kappa shape index (κ1) is 15.5. The van der Waals surface area contributed by atoms with Crippen LogP contribution >= 0.6 is 22.6 Å². The highest BCUT2D eigenvalue weighted by Crippen LogP contribution is 2.21. The van der Waals surface area contributed by atoms with Crippen molar-refractivity contribution in [2.24, 2.45) is 7.05 Å². The van der Waals surface area contributed by atoms with E-state index < -0.39 is 0 Å². The van der Waals surface area contributed by atoms with Crippen molar-refractivity contribution >= 4 is 22.6 Å². The Kier molecular flexibility index (Phi) is 6.04. The van der Waals surface area contributed by atoms with Gasteiger partial charge < -0.3 is 5.32 Å². The van der Waals surface area contributed by atoms with Crippen molar-refractivity contribution in [1.82, 2.24) is 15.1 Å². The van der Waals surface area contributed by atoms with Crippen LogP contribution in [0.4, 0.5) is 0 Å². The van der Waals surface area contributed by atoms with E-state index in [9.17, 15) is 0 Å². The zero-order chi connectivity index (χ0) is 14.4. The summed E-state index contributed by atoms with van der Waals surface area (Å²) in [6.45, 7) is 3.27. The molecule has 0 aliphatic carbocycles. The van der Waals surface area contributed by atoms with E-state index in [1.165, 1.54) is 14.7 Å². The Balaban J connectivity index is 2.03. The van der Waals surface area contributed by atoms with E-state index in [1.54, 1.807) is 0 Å². The SMILES string of the molecule is CCCNC(CCc1cnn(C)c1)c1cccc(I)c1. The molecule has 1 aromatic heterocycles. The van der Waals surface area contributed by atoms with Gasteiger partial charge in [-0.2, -0.15) is 5.10 Å². The molecular formula is C16H22IN3. The third-order valence-corrected chi connectivity index (χ3v) is 4.04. The molecule has 108 valence electrons. The molecule has 0 radical (unpaired) electrons. The van der Waals surface area contributed by atoms with Crippen molar-refractivity contribution in [3.05, 3.63) is 51.4 Å². The molecule has 2 aromatic rings. The number of aryl methyl sites for hydroxylation is 2. The maximum Gasteiger partial charge on any atom is 0.0521 e. The number of hydrogen-bond donors (Lipinski definition) is 1. The van der Waals surface area contributed by atoms with Gasteiger partial charge in [0.2, 0.25) is 0 Å². The molecule has 20 heavy (non-hydrogen) atoms. The third-order valence-electron chi connectivity index (χ3n) is 3.37. The predicted molar refractivity (Wildman–Crippen MR) is 91.7 cm³/mol. The summed E-state index contributed by atoms with van der Waals surface area (Å²) in [6.07, 6.45) is 7.39. The number of hydrogen-bond acceptors (Lipinski definition) is 2. The number of benzene rings is 1. The molecule has 1 aromatic carbocycles. The monoisotopic (exact) mass is 383 g/mol. The molecule has 0 saturated carbocycles. The highest BCUT2D eigenvalue weighted by Gasteiger charge is 2.11. The van der Waals surface area contributed by atoms with Crippen LogP contribution in [-0.2, 0) is 13.5 Å². The Hall–Kier alpha value is -0.880. The van der Waals surface area contributed by atoms with Crippen LogP contribution in [0.15, 0.2) is 36.7 Å². The fourth-order valence-corrected chi connectivity index (χ4v) is 2.91. The van der Waals surface area contributed by atoms with Crippen LogP contribution in [0.1, 0.15) is 36.9 Å². The number of nitrogens with one attached hydrogen (secondary N) is 1. The topological polar surface area (TPSA) is 29.9 Å². The van der Waals surface area contributed by atoms with Crippen LogP contribution < -0.4 is 5.32 Å². The molecule has 0 fully saturated rings. The van der Waals surface area contributed by atoms with Crippen molar-refractivity contribution in [3.63, 3.8) is 0 Å². The van der Waals surface area contributed by atoms with Crippen molar-refractivity contribution in [1.29, 1.82) is 0 Å². The smallest absolute Gasteiger partial charge is 0.0521 e. The first-order chi connectivity index (χ1) is 9.69. The van der Waals surface area contributed by atoms with Gasteiger partial charge in [0.15, 0.2) is 0 Å². The molecule has 0 amide bonds. The molecule has 1 heterocycles. The summed E-state index contributed by atoms with van der Waals surface area (Å²) in [6, 6.07) is 9.20.